The van der Waals surface area contributed by atoms with Crippen molar-refractivity contribution in [3.05, 3.63) is 30.1 Å². The van der Waals surface area contributed by atoms with Gasteiger partial charge in [-0.3, -0.25) is 0 Å². The van der Waals surface area contributed by atoms with Crippen molar-refractivity contribution in [2.75, 3.05) is 5.73 Å². The van der Waals surface area contributed by atoms with Crippen LogP contribution in [0, 0.1) is 6.92 Å². The molecule has 1 aromatic heterocycles. The Balaban J connectivity index is 2.87. The molecule has 0 aliphatic heterocycles. The van der Waals surface area contributed by atoms with Crippen molar-refractivity contribution in [2.24, 2.45) is 0 Å². The molecule has 1 heterocycles. The van der Waals surface area contributed by atoms with Crippen LogP contribution >= 0.6 is 0 Å². The molecule has 0 saturated heterocycles. The molecule has 3 N–H and O–H groups in total. The van der Waals surface area contributed by atoms with Gasteiger partial charge in [0.05, 0.1) is 0 Å². The third-order valence-corrected chi connectivity index (χ3v) is 1.93. The zero-order chi connectivity index (χ0) is 7.84. The van der Waals surface area contributed by atoms with Crippen LogP contribution in [-0.4, -0.2) is 4.98 Å². The summed E-state index contributed by atoms with van der Waals surface area (Å²) in [5.74, 6) is 0. The number of hydrogen-bond acceptors (Lipinski definition) is 1. The van der Waals surface area contributed by atoms with Gasteiger partial charge in [-0.05, 0) is 24.4 Å². The standard InChI is InChI=1S/C9H10N2/c1-6-9-4-8(10)3-2-7(9)5-11-6/h2-5,11H,10H2,1H3. The number of fused-ring (bicyclic) bond motifs is 1. The summed E-state index contributed by atoms with van der Waals surface area (Å²) in [5.41, 5.74) is 7.63. The summed E-state index contributed by atoms with van der Waals surface area (Å²) in [6.45, 7) is 2.04. The predicted octanol–water partition coefficient (Wildman–Crippen LogP) is 2.06. The van der Waals surface area contributed by atoms with Gasteiger partial charge >= 0.3 is 0 Å². The van der Waals surface area contributed by atoms with Gasteiger partial charge in [-0.1, -0.05) is 6.07 Å². The van der Waals surface area contributed by atoms with Gasteiger partial charge in [0.15, 0.2) is 0 Å². The highest BCUT2D eigenvalue weighted by molar-refractivity contribution is 5.87. The number of nitrogens with two attached hydrogens (primary N) is 1. The number of hydrogen-bond donors (Lipinski definition) is 2. The molecular formula is C9H10N2. The van der Waals surface area contributed by atoms with Crippen LogP contribution in [0.2, 0.25) is 0 Å². The fourth-order valence-corrected chi connectivity index (χ4v) is 1.29. The molecular weight excluding hydrogens is 136 g/mol. The maximum atomic E-state index is 5.64. The molecule has 0 fully saturated rings. The number of aromatic nitrogens is 1. The molecule has 0 aliphatic rings. The minimum Gasteiger partial charge on any atom is -0.399 e. The van der Waals surface area contributed by atoms with Gasteiger partial charge in [0, 0.05) is 23.0 Å². The van der Waals surface area contributed by atoms with E-state index >= 15 is 0 Å². The van der Waals surface area contributed by atoms with E-state index in [0.717, 1.165) is 5.69 Å². The highest BCUT2D eigenvalue weighted by atomic mass is 14.7. The number of anilines is 1. The van der Waals surface area contributed by atoms with E-state index in [2.05, 4.69) is 4.98 Å². The Labute approximate surface area is 65.0 Å². The quantitative estimate of drug-likeness (QED) is 0.549. The van der Waals surface area contributed by atoms with Gasteiger partial charge < -0.3 is 10.7 Å². The topological polar surface area (TPSA) is 41.8 Å². The van der Waals surface area contributed by atoms with Crippen LogP contribution in [0.5, 0.6) is 0 Å². The van der Waals surface area contributed by atoms with Gasteiger partial charge in [-0.15, -0.1) is 0 Å². The summed E-state index contributed by atoms with van der Waals surface area (Å²) < 4.78 is 0. The van der Waals surface area contributed by atoms with Crippen LogP contribution in [-0.2, 0) is 0 Å². The second kappa shape index (κ2) is 2.02. The average Bonchev–Trinajstić information content (AvgIpc) is 2.33. The third-order valence-electron chi connectivity index (χ3n) is 1.93. The molecule has 2 nitrogen and oxygen atoms in total. The van der Waals surface area contributed by atoms with Crippen molar-refractivity contribution < 1.29 is 0 Å². The SMILES string of the molecule is Cc1[nH]cc2ccc(N)cc12. The van der Waals surface area contributed by atoms with Crippen molar-refractivity contribution >= 4 is 16.5 Å². The average molecular weight is 146 g/mol. The van der Waals surface area contributed by atoms with E-state index < -0.39 is 0 Å². The Morgan fingerprint density at radius 3 is 3.00 bits per heavy atom. The second-order valence-electron chi connectivity index (χ2n) is 2.76. The largest absolute Gasteiger partial charge is 0.399 e. The number of benzene rings is 1. The Hall–Kier alpha value is -1.44. The molecule has 0 amide bonds. The molecule has 0 spiro atoms. The molecule has 0 atom stereocenters. The Morgan fingerprint density at radius 2 is 2.18 bits per heavy atom. The summed E-state index contributed by atoms with van der Waals surface area (Å²) in [4.78, 5) is 3.15. The summed E-state index contributed by atoms with van der Waals surface area (Å²) in [5, 5.41) is 2.43. The lowest BCUT2D eigenvalue weighted by Gasteiger charge is -1.93. The number of nitrogen functional groups attached to an aromatic ring is 1. The summed E-state index contributed by atoms with van der Waals surface area (Å²) in [6.07, 6.45) is 1.99. The van der Waals surface area contributed by atoms with Gasteiger partial charge in [0.25, 0.3) is 0 Å². The van der Waals surface area contributed by atoms with Crippen molar-refractivity contribution in [1.82, 2.24) is 4.98 Å². The number of H-pyrrole nitrogens is 1. The highest BCUT2D eigenvalue weighted by Crippen LogP contribution is 2.19. The smallest absolute Gasteiger partial charge is 0.0321 e. The molecule has 0 unspecified atom stereocenters. The first-order chi connectivity index (χ1) is 5.27. The molecule has 11 heavy (non-hydrogen) atoms. The maximum absolute atomic E-state index is 5.64. The Bertz CT molecular complexity index is 387. The molecule has 2 rings (SSSR count). The van der Waals surface area contributed by atoms with Crippen molar-refractivity contribution in [1.29, 1.82) is 0 Å². The molecule has 1 aromatic carbocycles. The predicted molar refractivity (Wildman–Crippen MR) is 47.4 cm³/mol. The molecule has 2 aromatic rings. The number of aromatic amines is 1. The maximum Gasteiger partial charge on any atom is 0.0321 e. The van der Waals surface area contributed by atoms with Crippen LogP contribution in [0.25, 0.3) is 10.8 Å². The monoisotopic (exact) mass is 146 g/mol. The van der Waals surface area contributed by atoms with Crippen molar-refractivity contribution in [2.45, 2.75) is 6.92 Å². The van der Waals surface area contributed by atoms with Crippen LogP contribution in [0.3, 0.4) is 0 Å². The van der Waals surface area contributed by atoms with E-state index in [0.29, 0.717) is 0 Å². The second-order valence-corrected chi connectivity index (χ2v) is 2.76. The van der Waals surface area contributed by atoms with Gasteiger partial charge in [0.1, 0.15) is 0 Å². The minimum absolute atomic E-state index is 0.820. The fraction of sp³-hybridized carbons (Fsp3) is 0.111. The van der Waals surface area contributed by atoms with Crippen LogP contribution in [0.15, 0.2) is 24.4 Å². The molecule has 0 bridgehead atoms. The molecule has 0 saturated carbocycles. The number of rotatable bonds is 0. The zero-order valence-corrected chi connectivity index (χ0v) is 6.39. The van der Waals surface area contributed by atoms with E-state index in [-0.39, 0.29) is 0 Å². The first kappa shape index (κ1) is 6.28. The van der Waals surface area contributed by atoms with Crippen molar-refractivity contribution in [3.63, 3.8) is 0 Å². The lowest BCUT2D eigenvalue weighted by Crippen LogP contribution is -1.82. The van der Waals surface area contributed by atoms with E-state index in [4.69, 9.17) is 5.73 Å². The minimum atomic E-state index is 0.820. The van der Waals surface area contributed by atoms with E-state index in [1.165, 1.54) is 16.5 Å². The number of aryl methyl sites for hydroxylation is 1. The Kier molecular flexibility index (Phi) is 1.15. The zero-order valence-electron chi connectivity index (χ0n) is 6.39. The van der Waals surface area contributed by atoms with Crippen LogP contribution < -0.4 is 5.73 Å². The van der Waals surface area contributed by atoms with Crippen LogP contribution in [0.4, 0.5) is 5.69 Å². The summed E-state index contributed by atoms with van der Waals surface area (Å²) >= 11 is 0. The van der Waals surface area contributed by atoms with Gasteiger partial charge in [0.2, 0.25) is 0 Å². The summed E-state index contributed by atoms with van der Waals surface area (Å²) in [6, 6.07) is 5.92. The first-order valence-corrected chi connectivity index (χ1v) is 3.60. The van der Waals surface area contributed by atoms with Gasteiger partial charge in [-0.25, -0.2) is 0 Å². The third kappa shape index (κ3) is 0.871. The van der Waals surface area contributed by atoms with E-state index in [1.54, 1.807) is 0 Å². The normalized spacial score (nSPS) is 10.6. The lowest BCUT2D eigenvalue weighted by molar-refractivity contribution is 1.28. The highest BCUT2D eigenvalue weighted by Gasteiger charge is 1.97. The molecule has 2 heteroatoms. The lowest BCUT2D eigenvalue weighted by atomic mass is 10.2. The molecule has 0 aliphatic carbocycles. The summed E-state index contributed by atoms with van der Waals surface area (Å²) in [7, 11) is 0. The van der Waals surface area contributed by atoms with Crippen molar-refractivity contribution in [3.8, 4) is 0 Å². The Morgan fingerprint density at radius 1 is 1.36 bits per heavy atom. The van der Waals surface area contributed by atoms with Crippen LogP contribution in [0.1, 0.15) is 5.69 Å². The fourth-order valence-electron chi connectivity index (χ4n) is 1.29. The van der Waals surface area contributed by atoms with E-state index in [1.807, 2.05) is 31.3 Å². The van der Waals surface area contributed by atoms with E-state index in [9.17, 15) is 0 Å². The first-order valence-electron chi connectivity index (χ1n) is 3.60. The molecule has 0 radical (unpaired) electrons. The van der Waals surface area contributed by atoms with Gasteiger partial charge in [-0.2, -0.15) is 0 Å². The molecule has 56 valence electrons. The number of nitrogens with one attached hydrogen (secondary N) is 1.